The van der Waals surface area contributed by atoms with Crippen molar-refractivity contribution in [2.75, 3.05) is 0 Å². The minimum atomic E-state index is 0.115. The van der Waals surface area contributed by atoms with Gasteiger partial charge < -0.3 is 9.05 Å². The molecule has 2 aliphatic heterocycles. The highest BCUT2D eigenvalue weighted by molar-refractivity contribution is 6.90. The van der Waals surface area contributed by atoms with E-state index in [0.29, 0.717) is 0 Å². The Bertz CT molecular complexity index is 2040. The molecule has 0 bridgehead atoms. The lowest BCUT2D eigenvalue weighted by atomic mass is 9.45. The van der Waals surface area contributed by atoms with E-state index < -0.39 is 0 Å². The quantitative estimate of drug-likeness (QED) is 0.289. The summed E-state index contributed by atoms with van der Waals surface area (Å²) in [4.78, 5) is 4.99. The molecule has 3 aromatic heterocycles. The molecule has 3 nitrogen and oxygen atoms in total. The Labute approximate surface area is 196 Å². The van der Waals surface area contributed by atoms with Gasteiger partial charge in [0, 0.05) is 44.5 Å². The molecule has 4 aromatic carbocycles. The Kier molecular flexibility index (Phi) is 2.83. The molecule has 0 radical (unpaired) electrons. The summed E-state index contributed by atoms with van der Waals surface area (Å²) in [6.07, 6.45) is 1.98. The van der Waals surface area contributed by atoms with Crippen LogP contribution in [-0.4, -0.2) is 20.9 Å². The molecule has 0 spiro atoms. The first-order valence-corrected chi connectivity index (χ1v) is 11.9. The molecule has 2 aliphatic rings. The number of hydrogen-bond acceptors (Lipinski definition) is 1. The van der Waals surface area contributed by atoms with Gasteiger partial charge in [-0.2, -0.15) is 0 Å². The third-order valence-corrected chi connectivity index (χ3v) is 8.08. The van der Waals surface area contributed by atoms with Crippen LogP contribution < -0.4 is 10.9 Å². The molecule has 156 valence electrons. The molecule has 0 saturated carbocycles. The molecule has 0 amide bonds. The lowest BCUT2D eigenvalue weighted by molar-refractivity contribution is 1.16. The molecule has 0 atom stereocenters. The zero-order valence-electron chi connectivity index (χ0n) is 18.6. The highest BCUT2D eigenvalue weighted by Crippen LogP contribution is 2.42. The number of pyridine rings is 1. The number of aryl methyl sites for hydroxylation is 1. The summed E-state index contributed by atoms with van der Waals surface area (Å²) in [7, 11) is 0. The fourth-order valence-corrected chi connectivity index (χ4v) is 6.84. The summed E-state index contributed by atoms with van der Waals surface area (Å²) in [5, 5.41) is 5.22. The predicted octanol–water partition coefficient (Wildman–Crippen LogP) is 5.54. The molecule has 9 rings (SSSR count). The van der Waals surface area contributed by atoms with Crippen molar-refractivity contribution in [3.63, 3.8) is 0 Å². The molecule has 5 heterocycles. The number of hydrogen-bond donors (Lipinski definition) is 0. The average molecular weight is 431 g/mol. The van der Waals surface area contributed by atoms with Crippen LogP contribution in [0.3, 0.4) is 0 Å². The van der Waals surface area contributed by atoms with Gasteiger partial charge in [0.05, 0.1) is 22.2 Å². The van der Waals surface area contributed by atoms with E-state index in [-0.39, 0.29) is 6.85 Å². The third kappa shape index (κ3) is 1.73. The van der Waals surface area contributed by atoms with Gasteiger partial charge in [0.1, 0.15) is 0 Å². The van der Waals surface area contributed by atoms with Gasteiger partial charge in [0.15, 0.2) is 0 Å². The molecule has 0 unspecified atom stereocenters. The van der Waals surface area contributed by atoms with E-state index in [2.05, 4.69) is 101 Å². The summed E-state index contributed by atoms with van der Waals surface area (Å²) < 4.78 is 5.06. The number of rotatable bonds is 0. The van der Waals surface area contributed by atoms with Gasteiger partial charge in [-0.05, 0) is 47.7 Å². The van der Waals surface area contributed by atoms with Gasteiger partial charge in [-0.1, -0.05) is 60.7 Å². The molecule has 4 heteroatoms. The highest BCUT2D eigenvalue weighted by Gasteiger charge is 2.41. The molecule has 7 aromatic rings. The standard InChI is InChI=1S/C30H18BN3/c1-17-13-14-25-27-26(17)28-30-21(15-16-32-28)19-8-3-5-12-24(19)34(30)31(27)22-10-6-9-20-18-7-2-4-11-23(18)33(25)29(20)22/h2-16H,1H3. The largest absolute Gasteiger partial charge is 0.374 e. The first kappa shape index (κ1) is 17.2. The Morgan fingerprint density at radius 3 is 2.29 bits per heavy atom. The monoisotopic (exact) mass is 431 g/mol. The van der Waals surface area contributed by atoms with E-state index in [1.807, 2.05) is 6.20 Å². The fraction of sp³-hybridized carbons (Fsp3) is 0.0333. The number of para-hydroxylation sites is 3. The Balaban J connectivity index is 1.61. The van der Waals surface area contributed by atoms with E-state index in [9.17, 15) is 0 Å². The Morgan fingerprint density at radius 1 is 0.676 bits per heavy atom. The maximum Gasteiger partial charge on any atom is 0.333 e. The van der Waals surface area contributed by atoms with Crippen molar-refractivity contribution in [2.24, 2.45) is 0 Å². The maximum atomic E-state index is 4.99. The third-order valence-electron chi connectivity index (χ3n) is 8.08. The van der Waals surface area contributed by atoms with E-state index in [4.69, 9.17) is 4.98 Å². The molecule has 0 fully saturated rings. The molecule has 0 aliphatic carbocycles. The van der Waals surface area contributed by atoms with Crippen LogP contribution in [0.1, 0.15) is 5.56 Å². The SMILES string of the molecule is Cc1ccc2c3c1-c1nccc4c5ccccc5n(c14)B3c1cccc3c4ccccc4n-2c13. The van der Waals surface area contributed by atoms with Crippen molar-refractivity contribution in [1.29, 1.82) is 0 Å². The van der Waals surface area contributed by atoms with Crippen LogP contribution in [0.2, 0.25) is 0 Å². The molecule has 0 N–H and O–H groups in total. The average Bonchev–Trinajstić information content (AvgIpc) is 3.40. The lowest BCUT2D eigenvalue weighted by Gasteiger charge is -2.34. The van der Waals surface area contributed by atoms with E-state index in [1.54, 1.807) is 0 Å². The number of aromatic nitrogens is 3. The second-order valence-electron chi connectivity index (χ2n) is 9.63. The summed E-state index contributed by atoms with van der Waals surface area (Å²) in [5.41, 5.74) is 12.8. The van der Waals surface area contributed by atoms with Crippen LogP contribution >= 0.6 is 0 Å². The first-order chi connectivity index (χ1) is 16.8. The zero-order valence-corrected chi connectivity index (χ0v) is 18.6. The summed E-state index contributed by atoms with van der Waals surface area (Å²) in [6.45, 7) is 2.35. The van der Waals surface area contributed by atoms with Crippen molar-refractivity contribution in [2.45, 2.75) is 6.92 Å². The minimum absolute atomic E-state index is 0.115. The molecular formula is C30H18BN3. The molecule has 0 saturated heterocycles. The van der Waals surface area contributed by atoms with Crippen LogP contribution in [0.25, 0.3) is 60.6 Å². The summed E-state index contributed by atoms with van der Waals surface area (Å²) in [6, 6.07) is 31.3. The van der Waals surface area contributed by atoms with Crippen LogP contribution in [0.15, 0.2) is 91.1 Å². The van der Waals surface area contributed by atoms with Crippen molar-refractivity contribution in [3.8, 4) is 16.9 Å². The lowest BCUT2D eigenvalue weighted by Crippen LogP contribution is -2.55. The topological polar surface area (TPSA) is 22.8 Å². The van der Waals surface area contributed by atoms with Gasteiger partial charge in [-0.25, -0.2) is 0 Å². The number of fused-ring (bicyclic) bond motifs is 10. The van der Waals surface area contributed by atoms with Crippen LogP contribution in [-0.2, 0) is 0 Å². The van der Waals surface area contributed by atoms with Gasteiger partial charge >= 0.3 is 6.85 Å². The summed E-state index contributed by atoms with van der Waals surface area (Å²) in [5.74, 6) is 0. The van der Waals surface area contributed by atoms with Crippen molar-refractivity contribution in [1.82, 2.24) is 14.0 Å². The number of nitrogens with zero attached hydrogens (tertiary/aromatic N) is 3. The fourth-order valence-electron chi connectivity index (χ4n) is 6.84. The van der Waals surface area contributed by atoms with E-state index in [0.717, 1.165) is 5.69 Å². The normalized spacial score (nSPS) is 13.4. The second kappa shape index (κ2) is 5.60. The Hall–Kier alpha value is -4.31. The van der Waals surface area contributed by atoms with Crippen molar-refractivity contribution < 1.29 is 0 Å². The zero-order chi connectivity index (χ0) is 22.1. The highest BCUT2D eigenvalue weighted by atomic mass is 15.0. The van der Waals surface area contributed by atoms with Crippen LogP contribution in [0, 0.1) is 6.92 Å². The van der Waals surface area contributed by atoms with Gasteiger partial charge in [-0.15, -0.1) is 0 Å². The van der Waals surface area contributed by atoms with Crippen molar-refractivity contribution in [3.05, 3.63) is 96.7 Å². The predicted molar refractivity (Wildman–Crippen MR) is 142 cm³/mol. The maximum absolute atomic E-state index is 4.99. The minimum Gasteiger partial charge on any atom is -0.374 e. The van der Waals surface area contributed by atoms with Gasteiger partial charge in [0.2, 0.25) is 0 Å². The molecular weight excluding hydrogens is 413 g/mol. The first-order valence-electron chi connectivity index (χ1n) is 11.9. The van der Waals surface area contributed by atoms with Crippen LogP contribution in [0.4, 0.5) is 0 Å². The Morgan fingerprint density at radius 2 is 1.41 bits per heavy atom. The number of benzene rings is 4. The van der Waals surface area contributed by atoms with E-state index >= 15 is 0 Å². The van der Waals surface area contributed by atoms with Crippen molar-refractivity contribution >= 4 is 61.4 Å². The van der Waals surface area contributed by atoms with Gasteiger partial charge in [0.25, 0.3) is 0 Å². The smallest absolute Gasteiger partial charge is 0.333 e. The van der Waals surface area contributed by atoms with Crippen LogP contribution in [0.5, 0.6) is 0 Å². The summed E-state index contributed by atoms with van der Waals surface area (Å²) >= 11 is 0. The van der Waals surface area contributed by atoms with E-state index in [1.165, 1.54) is 71.4 Å². The molecule has 34 heavy (non-hydrogen) atoms. The van der Waals surface area contributed by atoms with Gasteiger partial charge in [-0.3, -0.25) is 4.98 Å². The second-order valence-corrected chi connectivity index (χ2v) is 9.63.